The molecule has 0 fully saturated rings. The third-order valence-electron chi connectivity index (χ3n) is 2.98. The zero-order valence-corrected chi connectivity index (χ0v) is 12.9. The average molecular weight is 297 g/mol. The fourth-order valence-corrected chi connectivity index (χ4v) is 2.96. The number of anilines is 1. The first-order chi connectivity index (χ1) is 10.1. The third-order valence-corrected chi connectivity index (χ3v) is 4.21. The number of thiazole rings is 1. The van der Waals surface area contributed by atoms with Gasteiger partial charge in [0.15, 0.2) is 0 Å². The summed E-state index contributed by atoms with van der Waals surface area (Å²) in [4.78, 5) is 20.6. The number of hydrogen-bond donors (Lipinski definition) is 0. The summed E-state index contributed by atoms with van der Waals surface area (Å²) < 4.78 is 0. The minimum Gasteiger partial charge on any atom is -0.347 e. The first-order valence-corrected chi connectivity index (χ1v) is 7.35. The van der Waals surface area contributed by atoms with Gasteiger partial charge in [-0.1, -0.05) is 0 Å². The molecule has 3 aromatic rings. The van der Waals surface area contributed by atoms with Crippen LogP contribution in [0.1, 0.15) is 5.69 Å². The van der Waals surface area contributed by atoms with Crippen molar-refractivity contribution in [1.29, 1.82) is 0 Å². The summed E-state index contributed by atoms with van der Waals surface area (Å²) in [6.07, 6.45) is 5.37. The molecule has 3 heterocycles. The normalized spacial score (nSPS) is 10.6. The van der Waals surface area contributed by atoms with Crippen LogP contribution in [0.2, 0.25) is 0 Å². The van der Waals surface area contributed by atoms with Crippen LogP contribution in [0.5, 0.6) is 0 Å². The van der Waals surface area contributed by atoms with Crippen LogP contribution in [0.3, 0.4) is 0 Å². The van der Waals surface area contributed by atoms with Crippen molar-refractivity contribution in [2.45, 2.75) is 6.92 Å². The van der Waals surface area contributed by atoms with Gasteiger partial charge in [-0.25, -0.2) is 15.0 Å². The number of hydrogen-bond acceptors (Lipinski definition) is 6. The highest BCUT2D eigenvalue weighted by atomic mass is 32.1. The summed E-state index contributed by atoms with van der Waals surface area (Å²) in [5, 5.41) is 0.959. The highest BCUT2D eigenvalue weighted by molar-refractivity contribution is 7.18. The van der Waals surface area contributed by atoms with E-state index in [1.54, 1.807) is 23.7 Å². The maximum absolute atomic E-state index is 4.64. The monoisotopic (exact) mass is 297 g/mol. The predicted octanol–water partition coefficient (Wildman–Crippen LogP) is 3.04. The summed E-state index contributed by atoms with van der Waals surface area (Å²) in [5.74, 6) is 0.697. The maximum atomic E-state index is 4.64. The van der Waals surface area contributed by atoms with Gasteiger partial charge in [-0.2, -0.15) is 0 Å². The Morgan fingerprint density at radius 1 is 1.10 bits per heavy atom. The van der Waals surface area contributed by atoms with E-state index in [2.05, 4.69) is 19.9 Å². The van der Waals surface area contributed by atoms with E-state index in [1.165, 1.54) is 0 Å². The van der Waals surface area contributed by atoms with Crippen molar-refractivity contribution >= 4 is 17.3 Å². The van der Waals surface area contributed by atoms with Gasteiger partial charge in [-0.15, -0.1) is 11.3 Å². The molecule has 0 N–H and O–H groups in total. The zero-order valence-electron chi connectivity index (χ0n) is 12.1. The van der Waals surface area contributed by atoms with Crippen molar-refractivity contribution in [1.82, 2.24) is 19.9 Å². The van der Waals surface area contributed by atoms with Crippen LogP contribution in [0.25, 0.3) is 21.1 Å². The Kier molecular flexibility index (Phi) is 3.62. The summed E-state index contributed by atoms with van der Waals surface area (Å²) >= 11 is 1.63. The number of aromatic nitrogens is 4. The summed E-state index contributed by atoms with van der Waals surface area (Å²) in [6.45, 7) is 2.00. The molecule has 0 aliphatic heterocycles. The molecule has 6 heteroatoms. The highest BCUT2D eigenvalue weighted by Gasteiger charge is 2.13. The fourth-order valence-electron chi connectivity index (χ4n) is 1.94. The molecule has 0 aliphatic rings. The quantitative estimate of drug-likeness (QED) is 0.743. The lowest BCUT2D eigenvalue weighted by molar-refractivity contribution is 1.00. The van der Waals surface area contributed by atoms with Gasteiger partial charge >= 0.3 is 0 Å². The van der Waals surface area contributed by atoms with Gasteiger partial charge in [0, 0.05) is 38.2 Å². The van der Waals surface area contributed by atoms with E-state index in [0.717, 1.165) is 26.8 Å². The first-order valence-electron chi connectivity index (χ1n) is 6.53. The van der Waals surface area contributed by atoms with E-state index in [4.69, 9.17) is 0 Å². The Hall–Kier alpha value is -2.34. The molecule has 0 saturated heterocycles. The minimum absolute atomic E-state index is 0.697. The topological polar surface area (TPSA) is 54.8 Å². The molecular weight excluding hydrogens is 282 g/mol. The minimum atomic E-state index is 0.697. The third kappa shape index (κ3) is 2.75. The lowest BCUT2D eigenvalue weighted by atomic mass is 10.3. The molecule has 0 atom stereocenters. The Balaban J connectivity index is 2.04. The van der Waals surface area contributed by atoms with E-state index in [1.807, 2.05) is 50.3 Å². The Labute approximate surface area is 127 Å². The van der Waals surface area contributed by atoms with Crippen molar-refractivity contribution in [3.05, 3.63) is 42.5 Å². The fraction of sp³-hybridized carbons (Fsp3) is 0.200. The van der Waals surface area contributed by atoms with Crippen LogP contribution in [0, 0.1) is 6.92 Å². The van der Waals surface area contributed by atoms with Crippen LogP contribution in [-0.4, -0.2) is 34.0 Å². The van der Waals surface area contributed by atoms with Crippen LogP contribution in [0.4, 0.5) is 5.95 Å². The largest absolute Gasteiger partial charge is 0.347 e. The first kappa shape index (κ1) is 13.6. The van der Waals surface area contributed by atoms with Gasteiger partial charge < -0.3 is 4.90 Å². The Bertz CT molecular complexity index is 752. The van der Waals surface area contributed by atoms with Crippen LogP contribution in [-0.2, 0) is 0 Å². The lowest BCUT2D eigenvalue weighted by Gasteiger charge is -2.10. The predicted molar refractivity (Wildman–Crippen MR) is 85.4 cm³/mol. The Morgan fingerprint density at radius 3 is 2.67 bits per heavy atom. The second-order valence-electron chi connectivity index (χ2n) is 4.81. The van der Waals surface area contributed by atoms with Crippen LogP contribution < -0.4 is 4.90 Å². The average Bonchev–Trinajstić information content (AvgIpc) is 2.90. The molecule has 0 amide bonds. The molecule has 3 aromatic heterocycles. The number of nitrogens with zero attached hydrogens (tertiary/aromatic N) is 5. The van der Waals surface area contributed by atoms with Gasteiger partial charge in [-0.05, 0) is 25.1 Å². The molecular formula is C15H15N5S. The van der Waals surface area contributed by atoms with Gasteiger partial charge in [0.25, 0.3) is 0 Å². The standard InChI is InChI=1S/C15H15N5S/c1-10-13(12-6-8-17-15(19-12)20(2)3)21-14(18-10)11-5-4-7-16-9-11/h4-9H,1-3H3. The summed E-state index contributed by atoms with van der Waals surface area (Å²) in [7, 11) is 3.86. The second-order valence-corrected chi connectivity index (χ2v) is 5.81. The van der Waals surface area contributed by atoms with Crippen molar-refractivity contribution in [2.24, 2.45) is 0 Å². The Morgan fingerprint density at radius 2 is 1.95 bits per heavy atom. The van der Waals surface area contributed by atoms with Crippen LogP contribution >= 0.6 is 11.3 Å². The SMILES string of the molecule is Cc1nc(-c2cccnc2)sc1-c1ccnc(N(C)C)n1. The molecule has 0 spiro atoms. The van der Waals surface area contributed by atoms with Gasteiger partial charge in [0.2, 0.25) is 5.95 Å². The number of rotatable bonds is 3. The van der Waals surface area contributed by atoms with Crippen molar-refractivity contribution in [3.63, 3.8) is 0 Å². The van der Waals surface area contributed by atoms with Gasteiger partial charge in [-0.3, -0.25) is 4.98 Å². The van der Waals surface area contributed by atoms with Crippen molar-refractivity contribution in [2.75, 3.05) is 19.0 Å². The molecule has 0 unspecified atom stereocenters. The second kappa shape index (κ2) is 5.57. The zero-order chi connectivity index (χ0) is 14.8. The smallest absolute Gasteiger partial charge is 0.225 e. The molecule has 0 bridgehead atoms. The van der Waals surface area contributed by atoms with Gasteiger partial charge in [0.1, 0.15) is 5.01 Å². The summed E-state index contributed by atoms with van der Waals surface area (Å²) in [6, 6.07) is 5.85. The van der Waals surface area contributed by atoms with E-state index >= 15 is 0 Å². The molecule has 106 valence electrons. The molecule has 0 aromatic carbocycles. The van der Waals surface area contributed by atoms with Gasteiger partial charge in [0.05, 0.1) is 16.3 Å². The molecule has 21 heavy (non-hydrogen) atoms. The molecule has 0 saturated carbocycles. The van der Waals surface area contributed by atoms with Crippen molar-refractivity contribution in [3.8, 4) is 21.1 Å². The number of aryl methyl sites for hydroxylation is 1. The van der Waals surface area contributed by atoms with E-state index in [0.29, 0.717) is 5.95 Å². The van der Waals surface area contributed by atoms with Crippen molar-refractivity contribution < 1.29 is 0 Å². The number of pyridine rings is 1. The molecule has 5 nitrogen and oxygen atoms in total. The van der Waals surface area contributed by atoms with E-state index < -0.39 is 0 Å². The molecule has 0 aliphatic carbocycles. The maximum Gasteiger partial charge on any atom is 0.225 e. The highest BCUT2D eigenvalue weighted by Crippen LogP contribution is 2.34. The molecule has 0 radical (unpaired) electrons. The lowest BCUT2D eigenvalue weighted by Crippen LogP contribution is -2.12. The van der Waals surface area contributed by atoms with E-state index in [9.17, 15) is 0 Å². The molecule has 3 rings (SSSR count). The van der Waals surface area contributed by atoms with Crippen LogP contribution in [0.15, 0.2) is 36.8 Å². The summed E-state index contributed by atoms with van der Waals surface area (Å²) in [5.41, 5.74) is 2.90. The van der Waals surface area contributed by atoms with E-state index in [-0.39, 0.29) is 0 Å².